The molecule has 0 bridgehead atoms. The van der Waals surface area contributed by atoms with Gasteiger partial charge in [0, 0.05) is 61.7 Å². The molecule has 3 aromatic rings. The Bertz CT molecular complexity index is 1790. The van der Waals surface area contributed by atoms with E-state index in [9.17, 15) is 19.1 Å². The van der Waals surface area contributed by atoms with Crippen LogP contribution in [-0.4, -0.2) is 82.8 Å². The number of rotatable bonds is 6. The van der Waals surface area contributed by atoms with Crippen LogP contribution < -0.4 is 19.9 Å². The van der Waals surface area contributed by atoms with Gasteiger partial charge in [-0.2, -0.15) is 9.97 Å². The maximum Gasteiger partial charge on any atom is 0.318 e. The number of nitrogens with zero attached hydrogens (tertiary/aromatic N) is 5. The van der Waals surface area contributed by atoms with E-state index in [-0.39, 0.29) is 48.0 Å². The second-order valence-corrected chi connectivity index (χ2v) is 14.1. The molecule has 10 nitrogen and oxygen atoms in total. The summed E-state index contributed by atoms with van der Waals surface area (Å²) in [5, 5.41) is 14.7. The van der Waals surface area contributed by atoms with Gasteiger partial charge in [0.1, 0.15) is 30.2 Å². The quantitative estimate of drug-likeness (QED) is 0.381. The number of nitrogens with one attached hydrogen (secondary N) is 1. The summed E-state index contributed by atoms with van der Waals surface area (Å²) in [6.45, 7) is 5.48. The fourth-order valence-corrected chi connectivity index (χ4v) is 8.97. The minimum absolute atomic E-state index is 0.102. The van der Waals surface area contributed by atoms with Crippen LogP contribution in [0.15, 0.2) is 24.3 Å². The van der Waals surface area contributed by atoms with Gasteiger partial charge in [0.15, 0.2) is 0 Å². The van der Waals surface area contributed by atoms with Crippen molar-refractivity contribution in [3.05, 3.63) is 46.9 Å². The van der Waals surface area contributed by atoms with Crippen LogP contribution in [0.3, 0.4) is 0 Å². The standard InChI is InChI=1S/C35H40F2N6O4/c1-2-24-26(37)6-5-21-13-23(44)14-28(30(21)24)41-12-7-25-27(18-41)38-33(47-20-35-9-4-11-43(35)17-22(36)15-35)40-31(25)42-10-3-8-34(19-42)16-29(45)39-32(34)46/h5-6,13-14,22,44H,2-4,7-12,15-20H2,1H3,(H,39,45,46)/t22-,34?,35+/m1/s1. The zero-order valence-electron chi connectivity index (χ0n) is 26.7. The molecule has 8 rings (SSSR count). The summed E-state index contributed by atoms with van der Waals surface area (Å²) in [6, 6.07) is 6.70. The predicted octanol–water partition coefficient (Wildman–Crippen LogP) is 4.19. The first-order chi connectivity index (χ1) is 22.7. The van der Waals surface area contributed by atoms with E-state index in [2.05, 4.69) is 20.0 Å². The van der Waals surface area contributed by atoms with E-state index in [1.807, 2.05) is 6.92 Å². The van der Waals surface area contributed by atoms with E-state index in [4.69, 9.17) is 14.7 Å². The van der Waals surface area contributed by atoms with Crippen LogP contribution >= 0.6 is 0 Å². The van der Waals surface area contributed by atoms with Crippen molar-refractivity contribution in [1.29, 1.82) is 0 Å². The smallest absolute Gasteiger partial charge is 0.318 e. The van der Waals surface area contributed by atoms with Gasteiger partial charge < -0.3 is 19.6 Å². The normalized spacial score (nSPS) is 27.5. The van der Waals surface area contributed by atoms with Gasteiger partial charge in [-0.3, -0.25) is 19.8 Å². The molecule has 5 aliphatic rings. The summed E-state index contributed by atoms with van der Waals surface area (Å²) in [7, 11) is 0. The molecule has 248 valence electrons. The maximum atomic E-state index is 15.0. The Labute approximate surface area is 272 Å². The van der Waals surface area contributed by atoms with Crippen LogP contribution in [0, 0.1) is 11.2 Å². The predicted molar refractivity (Wildman–Crippen MR) is 172 cm³/mol. The fraction of sp³-hybridized carbons (Fsp3) is 0.543. The molecule has 1 unspecified atom stereocenters. The van der Waals surface area contributed by atoms with E-state index in [0.29, 0.717) is 69.8 Å². The van der Waals surface area contributed by atoms with Gasteiger partial charge in [-0.25, -0.2) is 8.78 Å². The molecule has 1 spiro atoms. The number of halogens is 2. The number of benzene rings is 2. The number of aryl methyl sites for hydroxylation is 1. The highest BCUT2D eigenvalue weighted by Crippen LogP contribution is 2.43. The lowest BCUT2D eigenvalue weighted by molar-refractivity contribution is -0.128. The number of hydrogen-bond donors (Lipinski definition) is 2. The van der Waals surface area contributed by atoms with Gasteiger partial charge >= 0.3 is 6.01 Å². The maximum absolute atomic E-state index is 15.0. The lowest BCUT2D eigenvalue weighted by Crippen LogP contribution is -2.48. The van der Waals surface area contributed by atoms with Crippen molar-refractivity contribution in [3.8, 4) is 11.8 Å². The van der Waals surface area contributed by atoms with Gasteiger partial charge in [0.05, 0.1) is 23.2 Å². The first-order valence-electron chi connectivity index (χ1n) is 16.9. The van der Waals surface area contributed by atoms with Crippen molar-refractivity contribution in [3.63, 3.8) is 0 Å². The van der Waals surface area contributed by atoms with Crippen molar-refractivity contribution < 1.29 is 28.2 Å². The molecular weight excluding hydrogens is 606 g/mol. The third kappa shape index (κ3) is 5.06. The largest absolute Gasteiger partial charge is 0.508 e. The van der Waals surface area contributed by atoms with Crippen LogP contribution in [0.1, 0.15) is 62.3 Å². The average molecular weight is 647 g/mol. The molecule has 4 saturated heterocycles. The molecule has 1 aromatic heterocycles. The summed E-state index contributed by atoms with van der Waals surface area (Å²) in [6.07, 6.45) is 4.01. The molecule has 47 heavy (non-hydrogen) atoms. The van der Waals surface area contributed by atoms with Gasteiger partial charge in [0.2, 0.25) is 11.8 Å². The molecule has 2 aromatic carbocycles. The Balaban J connectivity index is 1.17. The summed E-state index contributed by atoms with van der Waals surface area (Å²) >= 11 is 0. The first kappa shape index (κ1) is 30.3. The SMILES string of the molecule is CCc1c(F)ccc2cc(O)cc(N3CCc4c(nc(OC[C@@]56CCCN5C[C@H](F)C6)nc4N4CCCC5(CC(=O)NC5=O)C4)C3)c12. The van der Waals surface area contributed by atoms with Gasteiger partial charge in [-0.1, -0.05) is 13.0 Å². The second kappa shape index (κ2) is 11.3. The van der Waals surface area contributed by atoms with E-state index in [1.54, 1.807) is 18.2 Å². The number of ether oxygens (including phenoxy) is 1. The highest BCUT2D eigenvalue weighted by atomic mass is 19.1. The van der Waals surface area contributed by atoms with Crippen molar-refractivity contribution in [1.82, 2.24) is 20.2 Å². The van der Waals surface area contributed by atoms with Crippen molar-refractivity contribution >= 4 is 34.1 Å². The van der Waals surface area contributed by atoms with Gasteiger partial charge in [-0.05, 0) is 68.2 Å². The number of phenols is 1. The topological polar surface area (TPSA) is 111 Å². The lowest BCUT2D eigenvalue weighted by atomic mass is 9.78. The highest BCUT2D eigenvalue weighted by Gasteiger charge is 2.51. The zero-order chi connectivity index (χ0) is 32.5. The number of piperidine rings is 1. The Morgan fingerprint density at radius 2 is 1.96 bits per heavy atom. The number of anilines is 2. The minimum Gasteiger partial charge on any atom is -0.508 e. The molecule has 6 heterocycles. The zero-order valence-corrected chi connectivity index (χ0v) is 26.7. The van der Waals surface area contributed by atoms with Crippen molar-refractivity contribution in [2.45, 2.75) is 76.5 Å². The first-order valence-corrected chi connectivity index (χ1v) is 16.9. The minimum atomic E-state index is -0.882. The monoisotopic (exact) mass is 646 g/mol. The number of carbonyl (C=O) groups is 2. The summed E-state index contributed by atoms with van der Waals surface area (Å²) < 4.78 is 35.9. The highest BCUT2D eigenvalue weighted by molar-refractivity contribution is 6.06. The number of phenolic OH excluding ortho intramolecular Hbond substituents is 1. The number of hydrogen-bond acceptors (Lipinski definition) is 9. The molecule has 2 N–H and O–H groups in total. The summed E-state index contributed by atoms with van der Waals surface area (Å²) in [4.78, 5) is 41.5. The van der Waals surface area contributed by atoms with E-state index < -0.39 is 11.6 Å². The van der Waals surface area contributed by atoms with Crippen LogP contribution in [0.25, 0.3) is 10.8 Å². The van der Waals surface area contributed by atoms with E-state index >= 15 is 4.39 Å². The van der Waals surface area contributed by atoms with Gasteiger partial charge in [0.25, 0.3) is 0 Å². The number of imide groups is 1. The third-order valence-corrected chi connectivity index (χ3v) is 11.2. The lowest BCUT2D eigenvalue weighted by Gasteiger charge is -2.40. The number of fused-ring (bicyclic) bond motifs is 3. The number of aromatic hydroxyl groups is 1. The Kier molecular flexibility index (Phi) is 7.27. The van der Waals surface area contributed by atoms with E-state index in [0.717, 1.165) is 53.5 Å². The van der Waals surface area contributed by atoms with Crippen LogP contribution in [-0.2, 0) is 29.0 Å². The fourth-order valence-electron chi connectivity index (χ4n) is 8.97. The molecule has 2 amide bonds. The molecule has 4 fully saturated rings. The Morgan fingerprint density at radius 3 is 2.77 bits per heavy atom. The molecule has 0 aliphatic carbocycles. The van der Waals surface area contributed by atoms with Crippen LogP contribution in [0.5, 0.6) is 11.8 Å². The molecule has 0 radical (unpaired) electrons. The molecule has 12 heteroatoms. The molecule has 0 saturated carbocycles. The van der Waals surface area contributed by atoms with Crippen molar-refractivity contribution in [2.75, 3.05) is 49.1 Å². The number of aromatic nitrogens is 2. The second-order valence-electron chi connectivity index (χ2n) is 14.1. The number of carbonyl (C=O) groups excluding carboxylic acids is 2. The average Bonchev–Trinajstić information content (AvgIpc) is 3.67. The van der Waals surface area contributed by atoms with Gasteiger partial charge in [-0.15, -0.1) is 0 Å². The number of alkyl halides is 1. The van der Waals surface area contributed by atoms with Crippen LogP contribution in [0.4, 0.5) is 20.3 Å². The third-order valence-electron chi connectivity index (χ3n) is 11.2. The summed E-state index contributed by atoms with van der Waals surface area (Å²) in [5.41, 5.74) is 1.88. The summed E-state index contributed by atoms with van der Waals surface area (Å²) in [5.74, 6) is 0.0549. The molecule has 3 atom stereocenters. The Morgan fingerprint density at radius 1 is 1.11 bits per heavy atom. The van der Waals surface area contributed by atoms with Crippen molar-refractivity contribution in [2.24, 2.45) is 5.41 Å². The molecular formula is C35H40F2N6O4. The molecule has 5 aliphatic heterocycles. The Hall–Kier alpha value is -4.06. The van der Waals surface area contributed by atoms with Crippen LogP contribution in [0.2, 0.25) is 0 Å². The number of amides is 2. The van der Waals surface area contributed by atoms with E-state index in [1.165, 1.54) is 6.07 Å².